The van der Waals surface area contributed by atoms with Gasteiger partial charge in [0.1, 0.15) is 29.9 Å². The van der Waals surface area contributed by atoms with Crippen LogP contribution in [-0.2, 0) is 30.4 Å². The summed E-state index contributed by atoms with van der Waals surface area (Å²) in [6.45, 7) is 0.468. The van der Waals surface area contributed by atoms with Gasteiger partial charge in [-0.2, -0.15) is 37.0 Å². The third-order valence-corrected chi connectivity index (χ3v) is 7.55. The van der Waals surface area contributed by atoms with E-state index in [9.17, 15) is 34.2 Å². The molecule has 0 spiro atoms. The molecule has 0 unspecified atom stereocenters. The molecular weight excluding hydrogens is 605 g/mol. The van der Waals surface area contributed by atoms with Crippen LogP contribution in [0, 0.1) is 0 Å². The second-order valence-corrected chi connectivity index (χ2v) is 11.2. The molecule has 1 aromatic rings. The van der Waals surface area contributed by atoms with Crippen LogP contribution < -0.4 is 32.7 Å². The lowest BCUT2D eigenvalue weighted by atomic mass is 10.0. The first kappa shape index (κ1) is 37.4. The average molecular weight is 647 g/mol. The molecule has 42 heavy (non-hydrogen) atoms. The van der Waals surface area contributed by atoms with Crippen molar-refractivity contribution in [1.29, 1.82) is 0 Å². The predicted molar refractivity (Wildman–Crippen MR) is 169 cm³/mol. The molecule has 0 aliphatic rings. The smallest absolute Gasteiger partial charge is 0.327 e. The Hall–Kier alpha value is -2.66. The van der Waals surface area contributed by atoms with Crippen LogP contribution in [0.3, 0.4) is 0 Å². The molecular formula is C26H42N6O7S3. The van der Waals surface area contributed by atoms with E-state index in [0.29, 0.717) is 37.1 Å². The Morgan fingerprint density at radius 2 is 1.33 bits per heavy atom. The number of thioether (sulfide) groups is 1. The summed E-state index contributed by atoms with van der Waals surface area (Å²) in [5.74, 6) is -3.69. The summed E-state index contributed by atoms with van der Waals surface area (Å²) in [7, 11) is 0. The number of phenols is 1. The molecule has 10 N–H and O–H groups in total. The van der Waals surface area contributed by atoms with Crippen molar-refractivity contribution in [1.82, 2.24) is 21.3 Å². The third-order valence-electron chi connectivity index (χ3n) is 6.17. The maximum atomic E-state index is 13.5. The molecule has 0 heterocycles. The lowest BCUT2D eigenvalue weighted by molar-refractivity contribution is -0.141. The zero-order valence-corrected chi connectivity index (χ0v) is 26.1. The summed E-state index contributed by atoms with van der Waals surface area (Å²) in [4.78, 5) is 63.5. The molecule has 0 saturated heterocycles. The predicted octanol–water partition coefficient (Wildman–Crippen LogP) is -0.972. The van der Waals surface area contributed by atoms with Gasteiger partial charge in [-0.25, -0.2) is 4.79 Å². The van der Waals surface area contributed by atoms with Crippen molar-refractivity contribution in [3.8, 4) is 5.75 Å². The number of carbonyl (C=O) groups is 5. The number of carbonyl (C=O) groups excluding carboxylic acids is 4. The zero-order valence-electron chi connectivity index (χ0n) is 23.5. The average Bonchev–Trinajstić information content (AvgIpc) is 2.96. The SMILES string of the molecule is CSCC[C@H](NC(=O)[C@H](Cc1ccc(O)cc1)NC(=O)[C@H](CS)NC(=O)[C@@H](N)CCCCN)C(=O)N[C@@H](CS)C(=O)O. The van der Waals surface area contributed by atoms with Gasteiger partial charge in [0.2, 0.25) is 23.6 Å². The highest BCUT2D eigenvalue weighted by molar-refractivity contribution is 7.98. The summed E-state index contributed by atoms with van der Waals surface area (Å²) in [6.07, 6.45) is 3.71. The van der Waals surface area contributed by atoms with Gasteiger partial charge in [0, 0.05) is 17.9 Å². The fraction of sp³-hybridized carbons (Fsp3) is 0.577. The lowest BCUT2D eigenvalue weighted by Gasteiger charge is -2.26. The van der Waals surface area contributed by atoms with Gasteiger partial charge in [-0.15, -0.1) is 0 Å². The number of thiol groups is 2. The summed E-state index contributed by atoms with van der Waals surface area (Å²) in [5.41, 5.74) is 12.0. The first-order chi connectivity index (χ1) is 20.0. The topological polar surface area (TPSA) is 226 Å². The molecule has 0 aliphatic heterocycles. The van der Waals surface area contributed by atoms with Crippen molar-refractivity contribution in [3.63, 3.8) is 0 Å². The standard InChI is InChI=1S/C26H42N6O7S3/c1-42-11-9-18(23(35)32-21(14-41)26(38)39)29-24(36)19(12-15-5-7-16(33)8-6-15)30-25(37)20(13-40)31-22(34)17(28)4-2-3-10-27/h5-8,17-21,33,40-41H,2-4,9-14,27-28H2,1H3,(H,29,36)(H,30,37)(H,31,34)(H,32,35)(H,38,39)/t17-,18-,19-,20-,21-/m0/s1. The van der Waals surface area contributed by atoms with Gasteiger partial charge in [0.25, 0.3) is 0 Å². The van der Waals surface area contributed by atoms with Crippen LogP contribution in [0.5, 0.6) is 5.75 Å². The van der Waals surface area contributed by atoms with Gasteiger partial charge in [-0.3, -0.25) is 19.2 Å². The van der Waals surface area contributed by atoms with Gasteiger partial charge in [-0.1, -0.05) is 18.6 Å². The molecule has 1 aromatic carbocycles. The number of hydrogen-bond donors (Lipinski definition) is 10. The van der Waals surface area contributed by atoms with E-state index >= 15 is 0 Å². The minimum Gasteiger partial charge on any atom is -0.508 e. The summed E-state index contributed by atoms with van der Waals surface area (Å²) >= 11 is 9.56. The van der Waals surface area contributed by atoms with Crippen LogP contribution in [0.2, 0.25) is 0 Å². The molecule has 0 aliphatic carbocycles. The van der Waals surface area contributed by atoms with E-state index in [1.807, 2.05) is 6.26 Å². The number of aliphatic carboxylic acids is 1. The molecule has 13 nitrogen and oxygen atoms in total. The Balaban J connectivity index is 3.13. The molecule has 0 aromatic heterocycles. The minimum atomic E-state index is -1.27. The van der Waals surface area contributed by atoms with E-state index in [1.165, 1.54) is 23.9 Å². The van der Waals surface area contributed by atoms with Crippen molar-refractivity contribution in [2.45, 2.75) is 62.3 Å². The Morgan fingerprint density at radius 1 is 0.810 bits per heavy atom. The number of amides is 4. The second-order valence-electron chi connectivity index (χ2n) is 9.49. The largest absolute Gasteiger partial charge is 0.508 e. The minimum absolute atomic E-state index is 0.00964. The van der Waals surface area contributed by atoms with Gasteiger partial charge in [-0.05, 0) is 55.5 Å². The zero-order chi connectivity index (χ0) is 31.7. The maximum Gasteiger partial charge on any atom is 0.327 e. The van der Waals surface area contributed by atoms with E-state index < -0.39 is 59.8 Å². The summed E-state index contributed by atoms with van der Waals surface area (Å²) in [5, 5.41) is 29.1. The van der Waals surface area contributed by atoms with E-state index in [4.69, 9.17) is 11.5 Å². The van der Waals surface area contributed by atoms with E-state index in [-0.39, 0.29) is 30.1 Å². The molecule has 4 amide bonds. The fourth-order valence-electron chi connectivity index (χ4n) is 3.70. The number of hydrogen-bond acceptors (Lipinski definition) is 11. The van der Waals surface area contributed by atoms with Gasteiger partial charge in [0.05, 0.1) is 6.04 Å². The molecule has 1 rings (SSSR count). The first-order valence-corrected chi connectivity index (χ1v) is 16.0. The maximum absolute atomic E-state index is 13.5. The number of unbranched alkanes of at least 4 members (excludes halogenated alkanes) is 1. The van der Waals surface area contributed by atoms with Crippen LogP contribution in [0.4, 0.5) is 0 Å². The van der Waals surface area contributed by atoms with E-state index in [0.717, 1.165) is 0 Å². The highest BCUT2D eigenvalue weighted by Crippen LogP contribution is 2.12. The number of carboxylic acid groups (broad SMARTS) is 1. The Labute approximate surface area is 260 Å². The molecule has 16 heteroatoms. The molecule has 0 fully saturated rings. The van der Waals surface area contributed by atoms with Crippen LogP contribution in [0.1, 0.15) is 31.2 Å². The van der Waals surface area contributed by atoms with Gasteiger partial charge < -0.3 is 42.9 Å². The molecule has 0 bridgehead atoms. The third kappa shape index (κ3) is 13.5. The van der Waals surface area contributed by atoms with Gasteiger partial charge >= 0.3 is 5.97 Å². The van der Waals surface area contributed by atoms with Gasteiger partial charge in [0.15, 0.2) is 0 Å². The van der Waals surface area contributed by atoms with Crippen molar-refractivity contribution in [2.24, 2.45) is 11.5 Å². The molecule has 236 valence electrons. The Bertz CT molecular complexity index is 1030. The number of carboxylic acids is 1. The molecule has 5 atom stereocenters. The van der Waals surface area contributed by atoms with Crippen LogP contribution in [0.25, 0.3) is 0 Å². The number of nitrogens with two attached hydrogens (primary N) is 2. The number of nitrogens with one attached hydrogen (secondary N) is 4. The van der Waals surface area contributed by atoms with Crippen LogP contribution in [-0.4, -0.2) is 100 Å². The number of benzene rings is 1. The van der Waals surface area contributed by atoms with Crippen molar-refractivity contribution in [3.05, 3.63) is 29.8 Å². The van der Waals surface area contributed by atoms with E-state index in [2.05, 4.69) is 46.5 Å². The highest BCUT2D eigenvalue weighted by Gasteiger charge is 2.31. The normalized spacial score (nSPS) is 14.5. The van der Waals surface area contributed by atoms with Crippen molar-refractivity contribution < 1.29 is 34.2 Å². The van der Waals surface area contributed by atoms with Crippen molar-refractivity contribution >= 4 is 66.6 Å². The monoisotopic (exact) mass is 646 g/mol. The number of aromatic hydroxyl groups is 1. The van der Waals surface area contributed by atoms with Crippen LogP contribution >= 0.6 is 37.0 Å². The molecule has 0 radical (unpaired) electrons. The van der Waals surface area contributed by atoms with Crippen molar-refractivity contribution in [2.75, 3.05) is 30.1 Å². The second kappa shape index (κ2) is 20.3. The number of phenolic OH excluding ortho intramolecular Hbond substituents is 1. The number of rotatable bonds is 20. The summed E-state index contributed by atoms with van der Waals surface area (Å²) < 4.78 is 0. The Kier molecular flexibility index (Phi) is 18.0. The van der Waals surface area contributed by atoms with E-state index in [1.54, 1.807) is 12.1 Å². The highest BCUT2D eigenvalue weighted by atomic mass is 32.2. The van der Waals surface area contributed by atoms with Crippen LogP contribution in [0.15, 0.2) is 24.3 Å². The first-order valence-electron chi connectivity index (χ1n) is 13.4. The lowest BCUT2D eigenvalue weighted by Crippen LogP contribution is -2.59. The molecule has 0 saturated carbocycles. The summed E-state index contributed by atoms with van der Waals surface area (Å²) in [6, 6.07) is 0.458. The quantitative estimate of drug-likeness (QED) is 0.0616. The Morgan fingerprint density at radius 3 is 1.88 bits per heavy atom. The fourth-order valence-corrected chi connectivity index (χ4v) is 4.67.